The summed E-state index contributed by atoms with van der Waals surface area (Å²) in [7, 11) is 3.19. The third-order valence-corrected chi connectivity index (χ3v) is 5.59. The highest BCUT2D eigenvalue weighted by Gasteiger charge is 2.19. The van der Waals surface area contributed by atoms with E-state index in [9.17, 15) is 9.59 Å². The first-order valence-corrected chi connectivity index (χ1v) is 10.7. The number of benzene rings is 3. The van der Waals surface area contributed by atoms with Crippen molar-refractivity contribution >= 4 is 22.5 Å². The molecule has 0 saturated heterocycles. The maximum absolute atomic E-state index is 13.4. The summed E-state index contributed by atoms with van der Waals surface area (Å²) in [5.41, 5.74) is 3.67. The minimum atomic E-state index is -0.210. The Bertz CT molecular complexity index is 1340. The molecule has 0 bridgehead atoms. The summed E-state index contributed by atoms with van der Waals surface area (Å²) in [6.45, 7) is 2.12. The van der Waals surface area contributed by atoms with Crippen LogP contribution in [0, 0.1) is 6.92 Å². The molecule has 0 atom stereocenters. The number of amides is 1. The summed E-state index contributed by atoms with van der Waals surface area (Å²) in [6, 6.07) is 22.4. The summed E-state index contributed by atoms with van der Waals surface area (Å²) in [5.74, 6) is 1.24. The van der Waals surface area contributed by atoms with Gasteiger partial charge in [0.05, 0.1) is 27.2 Å². The van der Waals surface area contributed by atoms with E-state index in [-0.39, 0.29) is 24.4 Å². The van der Waals surface area contributed by atoms with Gasteiger partial charge in [-0.2, -0.15) is 0 Å². The van der Waals surface area contributed by atoms with Crippen molar-refractivity contribution in [1.29, 1.82) is 0 Å². The summed E-state index contributed by atoms with van der Waals surface area (Å²) in [5, 5.41) is 0.920. The molecular formula is C27H26N2O4. The van der Waals surface area contributed by atoms with E-state index in [1.54, 1.807) is 25.2 Å². The third-order valence-electron chi connectivity index (χ3n) is 5.59. The number of rotatable bonds is 7. The number of aromatic nitrogens is 1. The average molecular weight is 443 g/mol. The second-order valence-corrected chi connectivity index (χ2v) is 7.92. The minimum Gasteiger partial charge on any atom is -0.497 e. The first kappa shape index (κ1) is 22.1. The Morgan fingerprint density at radius 3 is 2.39 bits per heavy atom. The van der Waals surface area contributed by atoms with Crippen LogP contribution >= 0.6 is 0 Å². The van der Waals surface area contributed by atoms with E-state index in [1.165, 1.54) is 0 Å². The van der Waals surface area contributed by atoms with Gasteiger partial charge in [-0.05, 0) is 59.8 Å². The average Bonchev–Trinajstić information content (AvgIpc) is 2.83. The van der Waals surface area contributed by atoms with Crippen LogP contribution in [0.15, 0.2) is 77.6 Å². The number of nitrogens with zero attached hydrogens (tertiary/aromatic N) is 1. The second kappa shape index (κ2) is 9.61. The molecule has 6 nitrogen and oxygen atoms in total. The molecule has 3 aromatic carbocycles. The van der Waals surface area contributed by atoms with E-state index in [1.807, 2.05) is 73.7 Å². The predicted octanol–water partition coefficient (Wildman–Crippen LogP) is 4.63. The molecule has 1 amide bonds. The van der Waals surface area contributed by atoms with Gasteiger partial charge < -0.3 is 19.4 Å². The molecule has 0 spiro atoms. The molecule has 0 saturated carbocycles. The molecule has 0 unspecified atom stereocenters. The monoisotopic (exact) mass is 442 g/mol. The molecule has 4 aromatic rings. The number of ether oxygens (including phenoxy) is 2. The largest absolute Gasteiger partial charge is 0.497 e. The van der Waals surface area contributed by atoms with Crippen molar-refractivity contribution in [3.63, 3.8) is 0 Å². The van der Waals surface area contributed by atoms with Gasteiger partial charge in [-0.1, -0.05) is 30.3 Å². The molecule has 0 aliphatic carbocycles. The van der Waals surface area contributed by atoms with Crippen LogP contribution in [0.1, 0.15) is 16.7 Å². The first-order valence-electron chi connectivity index (χ1n) is 10.7. The summed E-state index contributed by atoms with van der Waals surface area (Å²) < 4.78 is 10.6. The molecule has 1 aromatic heterocycles. The van der Waals surface area contributed by atoms with Gasteiger partial charge >= 0.3 is 0 Å². The summed E-state index contributed by atoms with van der Waals surface area (Å²) in [4.78, 5) is 30.9. The number of aromatic amines is 1. The van der Waals surface area contributed by atoms with Gasteiger partial charge in [0.2, 0.25) is 5.91 Å². The third kappa shape index (κ3) is 5.06. The van der Waals surface area contributed by atoms with Crippen LogP contribution < -0.4 is 19.9 Å². The molecule has 0 radical (unpaired) electrons. The van der Waals surface area contributed by atoms with Gasteiger partial charge in [0, 0.05) is 22.8 Å². The summed E-state index contributed by atoms with van der Waals surface area (Å²) in [6.07, 6.45) is 0.186. The molecule has 0 fully saturated rings. The van der Waals surface area contributed by atoms with E-state index in [4.69, 9.17) is 9.47 Å². The van der Waals surface area contributed by atoms with Gasteiger partial charge in [0.15, 0.2) is 0 Å². The topological polar surface area (TPSA) is 71.6 Å². The Kier molecular flexibility index (Phi) is 6.45. The number of hydrogen-bond donors (Lipinski definition) is 1. The molecule has 1 N–H and O–H groups in total. The Labute approximate surface area is 192 Å². The quantitative estimate of drug-likeness (QED) is 0.453. The molecule has 168 valence electrons. The minimum absolute atomic E-state index is 0.128. The maximum Gasteiger partial charge on any atom is 0.253 e. The number of methoxy groups -OCH3 is 2. The molecule has 33 heavy (non-hydrogen) atoms. The molecule has 6 heteroatoms. The highest BCUT2D eigenvalue weighted by atomic mass is 16.5. The summed E-state index contributed by atoms with van der Waals surface area (Å²) >= 11 is 0. The zero-order valence-corrected chi connectivity index (χ0v) is 18.9. The number of hydrogen-bond acceptors (Lipinski definition) is 4. The lowest BCUT2D eigenvalue weighted by atomic mass is 10.1. The lowest BCUT2D eigenvalue weighted by molar-refractivity contribution is -0.118. The van der Waals surface area contributed by atoms with E-state index in [0.29, 0.717) is 17.0 Å². The van der Waals surface area contributed by atoms with Gasteiger partial charge in [-0.25, -0.2) is 0 Å². The predicted molar refractivity (Wildman–Crippen MR) is 130 cm³/mol. The second-order valence-electron chi connectivity index (χ2n) is 7.92. The Balaban J connectivity index is 1.70. The fourth-order valence-electron chi connectivity index (χ4n) is 3.76. The number of aryl methyl sites for hydroxylation is 1. The Morgan fingerprint density at radius 1 is 0.909 bits per heavy atom. The maximum atomic E-state index is 13.4. The van der Waals surface area contributed by atoms with Crippen LogP contribution in [0.25, 0.3) is 10.9 Å². The fraction of sp³-hybridized carbons (Fsp3) is 0.185. The van der Waals surface area contributed by atoms with E-state index >= 15 is 0 Å². The van der Waals surface area contributed by atoms with Crippen molar-refractivity contribution < 1.29 is 14.3 Å². The first-order chi connectivity index (χ1) is 16.0. The lowest BCUT2D eigenvalue weighted by Crippen LogP contribution is -2.34. The number of H-pyrrole nitrogens is 1. The fourth-order valence-corrected chi connectivity index (χ4v) is 3.76. The van der Waals surface area contributed by atoms with Crippen molar-refractivity contribution in [1.82, 2.24) is 4.98 Å². The van der Waals surface area contributed by atoms with Gasteiger partial charge in [-0.3, -0.25) is 9.59 Å². The highest BCUT2D eigenvalue weighted by molar-refractivity contribution is 5.95. The van der Waals surface area contributed by atoms with Crippen molar-refractivity contribution in [2.45, 2.75) is 19.9 Å². The van der Waals surface area contributed by atoms with E-state index in [2.05, 4.69) is 4.98 Å². The van der Waals surface area contributed by atoms with Crippen molar-refractivity contribution in [3.05, 3.63) is 99.8 Å². The lowest BCUT2D eigenvalue weighted by Gasteiger charge is -2.23. The van der Waals surface area contributed by atoms with Crippen LogP contribution in [0.3, 0.4) is 0 Å². The van der Waals surface area contributed by atoms with Crippen molar-refractivity contribution in [2.24, 2.45) is 0 Å². The van der Waals surface area contributed by atoms with Gasteiger partial charge in [0.1, 0.15) is 11.5 Å². The van der Waals surface area contributed by atoms with Crippen LogP contribution in [-0.2, 0) is 17.8 Å². The zero-order valence-electron chi connectivity index (χ0n) is 18.9. The number of nitrogens with one attached hydrogen (secondary N) is 1. The Hall–Kier alpha value is -4.06. The zero-order chi connectivity index (χ0) is 23.4. The van der Waals surface area contributed by atoms with E-state index < -0.39 is 0 Å². The normalized spacial score (nSPS) is 10.8. The number of fused-ring (bicyclic) bond motifs is 1. The number of carbonyl (C=O) groups excluding carboxylic acids is 1. The number of anilines is 1. The molecule has 0 aliphatic heterocycles. The number of carbonyl (C=O) groups is 1. The standard InChI is InChI=1S/C27H26N2O4/c1-18-7-10-20-15-21(27(31)28-25(20)13-18)17-29(22-5-4-6-24(16-22)33-3)26(30)14-19-8-11-23(32-2)12-9-19/h4-13,15-16H,14,17H2,1-3H3,(H,28,31). The Morgan fingerprint density at radius 2 is 1.67 bits per heavy atom. The van der Waals surface area contributed by atoms with Crippen LogP contribution in [0.4, 0.5) is 5.69 Å². The number of pyridine rings is 1. The highest BCUT2D eigenvalue weighted by Crippen LogP contribution is 2.24. The molecule has 1 heterocycles. The van der Waals surface area contributed by atoms with E-state index in [0.717, 1.165) is 27.8 Å². The molecule has 4 rings (SSSR count). The van der Waals surface area contributed by atoms with Crippen LogP contribution in [0.2, 0.25) is 0 Å². The van der Waals surface area contributed by atoms with Crippen LogP contribution in [0.5, 0.6) is 11.5 Å². The SMILES string of the molecule is COc1ccc(CC(=O)N(Cc2cc3ccc(C)cc3[nH]c2=O)c2cccc(OC)c2)cc1. The molecule has 0 aliphatic rings. The van der Waals surface area contributed by atoms with Crippen molar-refractivity contribution in [3.8, 4) is 11.5 Å². The van der Waals surface area contributed by atoms with Crippen LogP contribution in [-0.4, -0.2) is 25.1 Å². The molecular weight excluding hydrogens is 416 g/mol. The smallest absolute Gasteiger partial charge is 0.253 e. The van der Waals surface area contributed by atoms with Gasteiger partial charge in [-0.15, -0.1) is 0 Å². The van der Waals surface area contributed by atoms with Crippen molar-refractivity contribution in [2.75, 3.05) is 19.1 Å². The van der Waals surface area contributed by atoms with Gasteiger partial charge in [0.25, 0.3) is 5.56 Å².